The first kappa shape index (κ1) is 15.2. The predicted octanol–water partition coefficient (Wildman–Crippen LogP) is 4.06. The second kappa shape index (κ2) is 8.41. The van der Waals surface area contributed by atoms with E-state index in [2.05, 4.69) is 33.0 Å². The van der Waals surface area contributed by atoms with Crippen LogP contribution in [0.15, 0.2) is 0 Å². The third-order valence-corrected chi connectivity index (χ3v) is 2.99. The van der Waals surface area contributed by atoms with Crippen LogP contribution < -0.4 is 5.32 Å². The van der Waals surface area contributed by atoms with Crippen LogP contribution in [0.3, 0.4) is 0 Å². The van der Waals surface area contributed by atoms with E-state index in [1.54, 1.807) is 0 Å². The first-order chi connectivity index (χ1) is 6.98. The lowest BCUT2D eigenvalue weighted by molar-refractivity contribution is 0.310. The van der Waals surface area contributed by atoms with Crippen molar-refractivity contribution >= 4 is 11.6 Å². The molecule has 0 rings (SSSR count). The summed E-state index contributed by atoms with van der Waals surface area (Å²) in [5, 5.41) is 3.55. The van der Waals surface area contributed by atoms with Crippen molar-refractivity contribution in [3.8, 4) is 0 Å². The minimum Gasteiger partial charge on any atom is -0.316 e. The van der Waals surface area contributed by atoms with E-state index in [0.29, 0.717) is 5.41 Å². The van der Waals surface area contributed by atoms with Crippen molar-refractivity contribution < 1.29 is 0 Å². The molecule has 0 radical (unpaired) electrons. The fourth-order valence-electron chi connectivity index (χ4n) is 1.70. The van der Waals surface area contributed by atoms with Gasteiger partial charge in [0.05, 0.1) is 0 Å². The maximum absolute atomic E-state index is 5.71. The Morgan fingerprint density at radius 3 is 2.40 bits per heavy atom. The van der Waals surface area contributed by atoms with Gasteiger partial charge in [-0.3, -0.25) is 0 Å². The lowest BCUT2D eigenvalue weighted by Gasteiger charge is -2.24. The quantitative estimate of drug-likeness (QED) is 0.468. The lowest BCUT2D eigenvalue weighted by atomic mass is 9.88. The smallest absolute Gasteiger partial charge is 0.0223 e. The van der Waals surface area contributed by atoms with E-state index in [1.165, 1.54) is 19.3 Å². The summed E-state index contributed by atoms with van der Waals surface area (Å²) in [5.74, 6) is 1.62. The van der Waals surface area contributed by atoms with Crippen molar-refractivity contribution in [1.82, 2.24) is 5.32 Å². The van der Waals surface area contributed by atoms with E-state index in [0.717, 1.165) is 31.3 Å². The molecule has 0 unspecified atom stereocenters. The molecule has 0 aliphatic rings. The fraction of sp³-hybridized carbons (Fsp3) is 1.00. The van der Waals surface area contributed by atoms with E-state index in [4.69, 9.17) is 11.6 Å². The summed E-state index contributed by atoms with van der Waals surface area (Å²) in [6.07, 6.45) is 4.97. The third kappa shape index (κ3) is 10.5. The van der Waals surface area contributed by atoms with Crippen LogP contribution in [0.1, 0.15) is 53.4 Å². The van der Waals surface area contributed by atoms with E-state index < -0.39 is 0 Å². The van der Waals surface area contributed by atoms with Gasteiger partial charge in [-0.2, -0.15) is 0 Å². The molecular weight excluding hydrogens is 206 g/mol. The number of halogens is 1. The summed E-state index contributed by atoms with van der Waals surface area (Å²) in [6.45, 7) is 11.5. The number of alkyl halides is 1. The number of rotatable bonds is 9. The van der Waals surface area contributed by atoms with Crippen LogP contribution in [0.5, 0.6) is 0 Å². The summed E-state index contributed by atoms with van der Waals surface area (Å²) in [6, 6.07) is 0. The van der Waals surface area contributed by atoms with Crippen LogP contribution >= 0.6 is 11.6 Å². The summed E-state index contributed by atoms with van der Waals surface area (Å²) in [5.41, 5.74) is 0.396. The molecule has 0 aromatic carbocycles. The summed E-state index contributed by atoms with van der Waals surface area (Å²) in [4.78, 5) is 0. The molecule has 0 aromatic heterocycles. The molecular formula is C13H28ClN. The molecule has 1 nitrogen and oxygen atoms in total. The molecule has 0 aliphatic heterocycles. The predicted molar refractivity (Wildman–Crippen MR) is 70.7 cm³/mol. The highest BCUT2D eigenvalue weighted by atomic mass is 35.5. The van der Waals surface area contributed by atoms with E-state index in [9.17, 15) is 0 Å². The molecule has 0 atom stereocenters. The molecule has 92 valence electrons. The average Bonchev–Trinajstić information content (AvgIpc) is 2.14. The van der Waals surface area contributed by atoms with Gasteiger partial charge in [0.1, 0.15) is 0 Å². The second-order valence-electron chi connectivity index (χ2n) is 5.67. The van der Waals surface area contributed by atoms with Gasteiger partial charge in [0, 0.05) is 12.4 Å². The molecule has 0 spiro atoms. The van der Waals surface area contributed by atoms with Gasteiger partial charge >= 0.3 is 0 Å². The minimum absolute atomic E-state index is 0.396. The zero-order chi connectivity index (χ0) is 11.7. The highest BCUT2D eigenvalue weighted by Gasteiger charge is 2.16. The molecule has 2 heteroatoms. The Bertz CT molecular complexity index is 143. The lowest BCUT2D eigenvalue weighted by Crippen LogP contribution is -2.30. The normalized spacial score (nSPS) is 12.4. The van der Waals surface area contributed by atoms with Crippen LogP contribution in [0.2, 0.25) is 0 Å². The van der Waals surface area contributed by atoms with Crippen molar-refractivity contribution in [3.05, 3.63) is 0 Å². The standard InChI is InChI=1S/C13H28ClN/c1-12(2)7-5-10-15-11-13(3,4)8-6-9-14/h12,15H,5-11H2,1-4H3. The van der Waals surface area contributed by atoms with Crippen molar-refractivity contribution in [1.29, 1.82) is 0 Å². The molecule has 15 heavy (non-hydrogen) atoms. The Labute approximate surface area is 101 Å². The fourth-order valence-corrected chi connectivity index (χ4v) is 1.83. The third-order valence-electron chi connectivity index (χ3n) is 2.73. The van der Waals surface area contributed by atoms with Crippen molar-refractivity contribution in [2.45, 2.75) is 53.4 Å². The second-order valence-corrected chi connectivity index (χ2v) is 6.05. The molecule has 1 N–H and O–H groups in total. The minimum atomic E-state index is 0.396. The van der Waals surface area contributed by atoms with Crippen molar-refractivity contribution in [2.24, 2.45) is 11.3 Å². The van der Waals surface area contributed by atoms with Gasteiger partial charge in [0.25, 0.3) is 0 Å². The van der Waals surface area contributed by atoms with Crippen LogP contribution in [0, 0.1) is 11.3 Å². The average molecular weight is 234 g/mol. The summed E-state index contributed by atoms with van der Waals surface area (Å²) >= 11 is 5.71. The van der Waals surface area contributed by atoms with Gasteiger partial charge in [-0.1, -0.05) is 27.7 Å². The van der Waals surface area contributed by atoms with Crippen LogP contribution in [-0.4, -0.2) is 19.0 Å². The number of nitrogens with one attached hydrogen (secondary N) is 1. The first-order valence-corrected chi connectivity index (χ1v) is 6.78. The van der Waals surface area contributed by atoms with Gasteiger partial charge in [-0.05, 0) is 43.6 Å². The molecule has 0 heterocycles. The van der Waals surface area contributed by atoms with Gasteiger partial charge in [-0.25, -0.2) is 0 Å². The van der Waals surface area contributed by atoms with Crippen LogP contribution in [0.4, 0.5) is 0 Å². The maximum Gasteiger partial charge on any atom is 0.0223 e. The summed E-state index contributed by atoms with van der Waals surface area (Å²) in [7, 11) is 0. The summed E-state index contributed by atoms with van der Waals surface area (Å²) < 4.78 is 0. The Balaban J connectivity index is 3.40. The zero-order valence-electron chi connectivity index (χ0n) is 10.9. The zero-order valence-corrected chi connectivity index (χ0v) is 11.7. The largest absolute Gasteiger partial charge is 0.316 e. The Hall–Kier alpha value is 0.250. The molecule has 0 aromatic rings. The van der Waals surface area contributed by atoms with Crippen molar-refractivity contribution in [2.75, 3.05) is 19.0 Å². The van der Waals surface area contributed by atoms with Gasteiger partial charge in [0.15, 0.2) is 0 Å². The molecule has 0 aliphatic carbocycles. The highest BCUT2D eigenvalue weighted by Crippen LogP contribution is 2.21. The Kier molecular flexibility index (Phi) is 8.55. The van der Waals surface area contributed by atoms with Crippen LogP contribution in [0.25, 0.3) is 0 Å². The van der Waals surface area contributed by atoms with Gasteiger partial charge in [-0.15, -0.1) is 11.6 Å². The van der Waals surface area contributed by atoms with Crippen LogP contribution in [-0.2, 0) is 0 Å². The Morgan fingerprint density at radius 1 is 1.20 bits per heavy atom. The number of hydrogen-bond donors (Lipinski definition) is 1. The molecule has 0 saturated carbocycles. The van der Waals surface area contributed by atoms with Crippen molar-refractivity contribution in [3.63, 3.8) is 0 Å². The first-order valence-electron chi connectivity index (χ1n) is 6.24. The molecule has 0 saturated heterocycles. The Morgan fingerprint density at radius 2 is 1.87 bits per heavy atom. The monoisotopic (exact) mass is 233 g/mol. The van der Waals surface area contributed by atoms with E-state index in [1.807, 2.05) is 0 Å². The molecule has 0 bridgehead atoms. The highest BCUT2D eigenvalue weighted by molar-refractivity contribution is 6.17. The topological polar surface area (TPSA) is 12.0 Å². The molecule has 0 fully saturated rings. The van der Waals surface area contributed by atoms with Gasteiger partial charge in [0.2, 0.25) is 0 Å². The van der Waals surface area contributed by atoms with Gasteiger partial charge < -0.3 is 5.32 Å². The SMILES string of the molecule is CC(C)CCCNCC(C)(C)CCCCl. The van der Waals surface area contributed by atoms with E-state index in [-0.39, 0.29) is 0 Å². The maximum atomic E-state index is 5.71. The van der Waals surface area contributed by atoms with E-state index >= 15 is 0 Å². The number of hydrogen-bond acceptors (Lipinski definition) is 1. The molecule has 0 amide bonds.